The summed E-state index contributed by atoms with van der Waals surface area (Å²) in [5.41, 5.74) is 1.64. The first-order valence-electron chi connectivity index (χ1n) is 9.13. The maximum Gasteiger partial charge on any atom is 0.416 e. The van der Waals surface area contributed by atoms with Crippen LogP contribution in [-0.2, 0) is 6.18 Å². The number of dihydropyridines is 1. The van der Waals surface area contributed by atoms with Crippen molar-refractivity contribution >= 4 is 12.3 Å². The third-order valence-electron chi connectivity index (χ3n) is 4.45. The average molecular weight is 378 g/mol. The van der Waals surface area contributed by atoms with Gasteiger partial charge in [0.15, 0.2) is 0 Å². The second-order valence-corrected chi connectivity index (χ2v) is 6.61. The summed E-state index contributed by atoms with van der Waals surface area (Å²) >= 11 is 0. The summed E-state index contributed by atoms with van der Waals surface area (Å²) in [6, 6.07) is 5.10. The van der Waals surface area contributed by atoms with Gasteiger partial charge >= 0.3 is 6.18 Å². The van der Waals surface area contributed by atoms with Gasteiger partial charge in [0, 0.05) is 18.0 Å². The second-order valence-electron chi connectivity index (χ2n) is 6.61. The van der Waals surface area contributed by atoms with Crippen LogP contribution in [-0.4, -0.2) is 17.8 Å². The topological polar surface area (TPSA) is 24.4 Å². The van der Waals surface area contributed by atoms with Crippen LogP contribution >= 0.6 is 0 Å². The van der Waals surface area contributed by atoms with Crippen LogP contribution in [0.1, 0.15) is 52.2 Å². The minimum absolute atomic E-state index is 0.0675. The molecule has 1 N–H and O–H groups in total. The normalized spacial score (nSPS) is 20.5. The molecule has 1 aliphatic heterocycles. The van der Waals surface area contributed by atoms with Gasteiger partial charge in [-0.15, -0.1) is 0 Å². The first-order chi connectivity index (χ1) is 12.6. The number of nitrogens with one attached hydrogen (secondary N) is 1. The lowest BCUT2D eigenvalue weighted by molar-refractivity contribution is -0.137. The molecule has 0 aromatic heterocycles. The van der Waals surface area contributed by atoms with E-state index in [0.29, 0.717) is 11.3 Å². The minimum Gasteiger partial charge on any atom is -0.381 e. The van der Waals surface area contributed by atoms with Gasteiger partial charge in [-0.3, -0.25) is 4.99 Å². The Kier molecular flexibility index (Phi) is 8.07. The number of nitrogens with zero attached hydrogens (tertiary/aromatic N) is 1. The van der Waals surface area contributed by atoms with E-state index in [1.54, 1.807) is 12.2 Å². The highest BCUT2D eigenvalue weighted by molar-refractivity contribution is 5.79. The summed E-state index contributed by atoms with van der Waals surface area (Å²) < 4.78 is 37.7. The Labute approximate surface area is 160 Å². The van der Waals surface area contributed by atoms with Gasteiger partial charge in [0.2, 0.25) is 0 Å². The number of allylic oxidation sites excluding steroid dienone is 2. The number of aliphatic imine (C=N–C) groups is 1. The molecule has 2 atom stereocenters. The Bertz CT molecular complexity index is 712. The minimum atomic E-state index is -4.31. The summed E-state index contributed by atoms with van der Waals surface area (Å²) in [6.45, 7) is 14.1. The highest BCUT2D eigenvalue weighted by Crippen LogP contribution is 2.29. The third kappa shape index (κ3) is 6.74. The SMILES string of the molecule is C=C(/C=C/c1ccc(C(F)(F)F)cc1)NC(C)C1(C)CC=C(C)C=N1.CC. The Morgan fingerprint density at radius 3 is 2.33 bits per heavy atom. The lowest BCUT2D eigenvalue weighted by Gasteiger charge is -2.34. The standard InChI is InChI=1S/C20H23F3N2.C2H6/c1-14-11-12-19(4,24-13-14)16(3)25-15(2)5-6-17-7-9-18(10-8-17)20(21,22)23;1-2/h5-11,13,16,25H,2,12H2,1,3-4H3;1-2H3/b6-5+;. The summed E-state index contributed by atoms with van der Waals surface area (Å²) in [4.78, 5) is 4.62. The lowest BCUT2D eigenvalue weighted by atomic mass is 9.87. The highest BCUT2D eigenvalue weighted by atomic mass is 19.4. The maximum atomic E-state index is 12.6. The molecule has 0 radical (unpaired) electrons. The number of benzene rings is 1. The van der Waals surface area contributed by atoms with Crippen LogP contribution in [0.4, 0.5) is 13.2 Å². The molecule has 2 nitrogen and oxygen atoms in total. The van der Waals surface area contributed by atoms with Gasteiger partial charge in [0.05, 0.1) is 11.1 Å². The fraction of sp³-hybridized carbons (Fsp3) is 0.409. The van der Waals surface area contributed by atoms with Crippen LogP contribution in [0, 0.1) is 0 Å². The molecule has 0 saturated carbocycles. The van der Waals surface area contributed by atoms with Crippen molar-refractivity contribution < 1.29 is 13.2 Å². The zero-order valence-electron chi connectivity index (χ0n) is 16.7. The van der Waals surface area contributed by atoms with Crippen LogP contribution in [0.5, 0.6) is 0 Å². The molecule has 2 unspecified atom stereocenters. The molecule has 1 heterocycles. The summed E-state index contributed by atoms with van der Waals surface area (Å²) in [5, 5.41) is 3.31. The fourth-order valence-electron chi connectivity index (χ4n) is 2.47. The van der Waals surface area contributed by atoms with E-state index < -0.39 is 11.7 Å². The summed E-state index contributed by atoms with van der Waals surface area (Å²) in [6.07, 6.45) is 4.06. The number of halogens is 3. The Morgan fingerprint density at radius 2 is 1.85 bits per heavy atom. The van der Waals surface area contributed by atoms with Crippen LogP contribution < -0.4 is 5.32 Å². The van der Waals surface area contributed by atoms with Gasteiger partial charge in [-0.25, -0.2) is 0 Å². The lowest BCUT2D eigenvalue weighted by Crippen LogP contribution is -2.45. The van der Waals surface area contributed by atoms with E-state index >= 15 is 0 Å². The first kappa shape index (κ1) is 22.7. The van der Waals surface area contributed by atoms with Gasteiger partial charge in [-0.1, -0.05) is 44.7 Å². The van der Waals surface area contributed by atoms with Crippen LogP contribution in [0.2, 0.25) is 0 Å². The quantitative estimate of drug-likeness (QED) is 0.588. The van der Waals surface area contributed by atoms with E-state index in [-0.39, 0.29) is 11.6 Å². The van der Waals surface area contributed by atoms with E-state index in [1.165, 1.54) is 12.1 Å². The molecule has 0 amide bonds. The number of hydrogen-bond acceptors (Lipinski definition) is 2. The van der Waals surface area contributed by atoms with Crippen molar-refractivity contribution in [2.45, 2.75) is 58.8 Å². The molecule has 0 saturated heterocycles. The molecular formula is C22H29F3N2. The molecule has 148 valence electrons. The molecule has 2 rings (SSSR count). The van der Waals surface area contributed by atoms with E-state index in [1.807, 2.05) is 33.9 Å². The molecule has 0 aliphatic carbocycles. The largest absolute Gasteiger partial charge is 0.416 e. The Hall–Kier alpha value is -2.30. The van der Waals surface area contributed by atoms with Crippen molar-refractivity contribution in [1.29, 1.82) is 0 Å². The third-order valence-corrected chi connectivity index (χ3v) is 4.45. The molecule has 1 aliphatic rings. The molecule has 5 heteroatoms. The van der Waals surface area contributed by atoms with Crippen LogP contribution in [0.15, 0.2) is 59.3 Å². The van der Waals surface area contributed by atoms with Crippen molar-refractivity contribution in [2.75, 3.05) is 0 Å². The summed E-state index contributed by atoms with van der Waals surface area (Å²) in [7, 11) is 0. The molecule has 0 spiro atoms. The van der Waals surface area contributed by atoms with Crippen LogP contribution in [0.3, 0.4) is 0 Å². The van der Waals surface area contributed by atoms with Crippen LogP contribution in [0.25, 0.3) is 6.08 Å². The van der Waals surface area contributed by atoms with Crippen molar-refractivity contribution in [3.05, 3.63) is 65.4 Å². The zero-order chi connectivity index (χ0) is 20.7. The number of alkyl halides is 3. The monoisotopic (exact) mass is 378 g/mol. The van der Waals surface area contributed by atoms with Gasteiger partial charge in [-0.2, -0.15) is 13.2 Å². The van der Waals surface area contributed by atoms with Crippen molar-refractivity contribution in [3.8, 4) is 0 Å². The average Bonchev–Trinajstić information content (AvgIpc) is 2.64. The molecular weight excluding hydrogens is 349 g/mol. The number of rotatable bonds is 5. The molecule has 1 aromatic carbocycles. The highest BCUT2D eigenvalue weighted by Gasteiger charge is 2.31. The predicted octanol–water partition coefficient (Wildman–Crippen LogP) is 6.42. The first-order valence-corrected chi connectivity index (χ1v) is 9.13. The van der Waals surface area contributed by atoms with E-state index in [2.05, 4.69) is 29.9 Å². The molecule has 1 aromatic rings. The fourth-order valence-corrected chi connectivity index (χ4v) is 2.47. The number of hydrogen-bond donors (Lipinski definition) is 1. The van der Waals surface area contributed by atoms with Crippen molar-refractivity contribution in [2.24, 2.45) is 4.99 Å². The van der Waals surface area contributed by atoms with Gasteiger partial charge < -0.3 is 5.32 Å². The van der Waals surface area contributed by atoms with Gasteiger partial charge in [0.1, 0.15) is 0 Å². The summed E-state index contributed by atoms with van der Waals surface area (Å²) in [5.74, 6) is 0. The second kappa shape index (κ2) is 9.58. The van der Waals surface area contributed by atoms with Gasteiger partial charge in [-0.05, 0) is 56.5 Å². The Morgan fingerprint density at radius 1 is 1.26 bits per heavy atom. The van der Waals surface area contributed by atoms with Crippen molar-refractivity contribution in [3.63, 3.8) is 0 Å². The van der Waals surface area contributed by atoms with Crippen molar-refractivity contribution in [1.82, 2.24) is 5.32 Å². The van der Waals surface area contributed by atoms with Gasteiger partial charge in [0.25, 0.3) is 0 Å². The molecule has 0 fully saturated rings. The van der Waals surface area contributed by atoms with E-state index in [9.17, 15) is 13.2 Å². The Balaban J connectivity index is 0.00000176. The zero-order valence-corrected chi connectivity index (χ0v) is 16.7. The van der Waals surface area contributed by atoms with E-state index in [0.717, 1.165) is 24.1 Å². The smallest absolute Gasteiger partial charge is 0.381 e. The molecule has 0 bridgehead atoms. The predicted molar refractivity (Wildman–Crippen MR) is 109 cm³/mol. The maximum absolute atomic E-state index is 12.6. The molecule has 27 heavy (non-hydrogen) atoms. The van der Waals surface area contributed by atoms with E-state index in [4.69, 9.17) is 0 Å².